The number of benzene rings is 5. The van der Waals surface area contributed by atoms with Crippen molar-refractivity contribution in [3.8, 4) is 0 Å². The third kappa shape index (κ3) is 9.25. The van der Waals surface area contributed by atoms with Crippen molar-refractivity contribution in [1.29, 1.82) is 0 Å². The van der Waals surface area contributed by atoms with Gasteiger partial charge in [-0.3, -0.25) is 0 Å². The van der Waals surface area contributed by atoms with Crippen LogP contribution < -0.4 is 30.8 Å². The summed E-state index contributed by atoms with van der Waals surface area (Å²) < 4.78 is 15.0. The molecule has 0 atom stereocenters. The molecule has 0 N–H and O–H groups in total. The van der Waals surface area contributed by atoms with E-state index < -0.39 is 15.8 Å². The number of para-hydroxylation sites is 2. The van der Waals surface area contributed by atoms with Gasteiger partial charge in [-0.25, -0.2) is 0 Å². The van der Waals surface area contributed by atoms with Gasteiger partial charge < -0.3 is 9.62 Å². The van der Waals surface area contributed by atoms with Crippen molar-refractivity contribution < 1.29 is 26.6 Å². The first-order chi connectivity index (χ1) is 21.4. The third-order valence-corrected chi connectivity index (χ3v) is 11.5. The Hall–Kier alpha value is -2.98. The van der Waals surface area contributed by atoms with Gasteiger partial charge in [0, 0.05) is 23.9 Å². The molecule has 0 aromatic heterocycles. The zero-order valence-electron chi connectivity index (χ0n) is 23.2. The summed E-state index contributed by atoms with van der Waals surface area (Å²) in [5, 5.41) is 5.63. The fraction of sp³-hybridized carbons (Fsp3) is 0.0588. The van der Waals surface area contributed by atoms with Crippen LogP contribution in [0.1, 0.15) is 0 Å². The molecular weight excluding hydrogens is 678 g/mol. The second kappa shape index (κ2) is 19.3. The van der Waals surface area contributed by atoms with Crippen LogP contribution in [0.25, 0.3) is 0 Å². The Labute approximate surface area is 272 Å². The zero-order chi connectivity index (χ0) is 30.9. The van der Waals surface area contributed by atoms with Crippen molar-refractivity contribution in [3.63, 3.8) is 0 Å². The molecule has 0 saturated carbocycles. The van der Waals surface area contributed by atoms with Crippen molar-refractivity contribution in [2.24, 2.45) is 0 Å². The monoisotopic (exact) mass is 706 g/mol. The molecule has 214 valence electrons. The van der Waals surface area contributed by atoms with E-state index in [0.717, 1.165) is 12.6 Å². The Balaban J connectivity index is 0.000000796. The summed E-state index contributed by atoms with van der Waals surface area (Å²) in [5.74, 6) is 0. The molecule has 0 aliphatic carbocycles. The Kier molecular flexibility index (Phi) is 15.5. The van der Waals surface area contributed by atoms with Crippen LogP contribution in [-0.2, 0) is 26.6 Å². The first kappa shape index (κ1) is 34.5. The summed E-state index contributed by atoms with van der Waals surface area (Å²) in [7, 11) is 5.84. The average molecular weight is 706 g/mol. The van der Waals surface area contributed by atoms with Crippen molar-refractivity contribution in [2.75, 3.05) is 22.2 Å². The van der Waals surface area contributed by atoms with Crippen LogP contribution in [-0.4, -0.2) is 20.1 Å². The van der Waals surface area contributed by atoms with Crippen molar-refractivity contribution in [1.82, 2.24) is 0 Å². The van der Waals surface area contributed by atoms with Crippen molar-refractivity contribution in [3.05, 3.63) is 159 Å². The summed E-state index contributed by atoms with van der Waals surface area (Å²) >= 11 is 1.82. The maximum atomic E-state index is 7.50. The Morgan fingerprint density at radius 3 is 0.953 bits per heavy atom. The molecule has 0 saturated heterocycles. The summed E-state index contributed by atoms with van der Waals surface area (Å²) in [5.41, 5.74) is 2.58. The number of hydrogen-bond donors (Lipinski definition) is 0. The van der Waals surface area contributed by atoms with Crippen LogP contribution >= 0.6 is 25.5 Å². The average Bonchev–Trinajstić information content (AvgIpc) is 3.47. The fourth-order valence-corrected chi connectivity index (χ4v) is 9.27. The molecule has 6 rings (SSSR count). The number of halogens is 1. The van der Waals surface area contributed by atoms with Crippen LogP contribution in [0.4, 0.5) is 11.4 Å². The van der Waals surface area contributed by atoms with E-state index >= 15 is 0 Å². The molecule has 5 aromatic rings. The molecule has 0 spiro atoms. The maximum absolute atomic E-state index is 7.50. The molecule has 43 heavy (non-hydrogen) atoms. The van der Waals surface area contributed by atoms with Crippen LogP contribution in [0.5, 0.6) is 0 Å². The summed E-state index contributed by atoms with van der Waals surface area (Å²) in [6, 6.07) is 52.8. The Morgan fingerprint density at radius 1 is 0.465 bits per heavy atom. The second-order valence-electron chi connectivity index (χ2n) is 9.02. The van der Waals surface area contributed by atoms with Crippen LogP contribution in [0, 0.1) is 13.3 Å². The molecule has 0 amide bonds. The number of nitrogens with zero attached hydrogens (tertiary/aromatic N) is 2. The SMILES string of the molecule is [B]1N(CP(c2ccccc2)c2ccccc2)c2ccccc2N1CP(c1ccccc1)c1ccccc1.[C-]#[O+].[C-]#[O+].[Cl][Ru]. The van der Waals surface area contributed by atoms with E-state index in [1.165, 1.54) is 32.6 Å². The van der Waals surface area contributed by atoms with Gasteiger partial charge in [0.1, 0.15) is 0 Å². The van der Waals surface area contributed by atoms with E-state index in [9.17, 15) is 0 Å². The molecule has 9 heteroatoms. The molecule has 5 aromatic carbocycles. The molecule has 1 radical (unpaired) electrons. The van der Waals surface area contributed by atoms with E-state index in [1.54, 1.807) is 0 Å². The predicted molar refractivity (Wildman–Crippen MR) is 179 cm³/mol. The number of hydrogen-bond acceptors (Lipinski definition) is 2. The molecule has 4 nitrogen and oxygen atoms in total. The van der Waals surface area contributed by atoms with E-state index in [2.05, 4.69) is 186 Å². The van der Waals surface area contributed by atoms with Gasteiger partial charge in [-0.15, -0.1) is 0 Å². The fourth-order valence-electron chi connectivity index (χ4n) is 4.83. The van der Waals surface area contributed by atoms with Gasteiger partial charge in [-0.05, 0) is 49.2 Å². The molecule has 1 aliphatic rings. The normalized spacial score (nSPS) is 11.1. The quantitative estimate of drug-likeness (QED) is 0.0787. The van der Waals surface area contributed by atoms with Gasteiger partial charge in [0.05, 0.1) is 0 Å². The molecule has 0 bridgehead atoms. The van der Waals surface area contributed by atoms with E-state index in [1.807, 2.05) is 17.3 Å². The van der Waals surface area contributed by atoms with Crippen LogP contribution in [0.15, 0.2) is 146 Å². The molecule has 1 aliphatic heterocycles. The van der Waals surface area contributed by atoms with Gasteiger partial charge in [0.25, 0.3) is 0 Å². The third-order valence-electron chi connectivity index (χ3n) is 6.64. The predicted octanol–water partition coefficient (Wildman–Crippen LogP) is 6.64. The number of rotatable bonds is 8. The second-order valence-corrected chi connectivity index (χ2v) is 13.4. The molecule has 1 heterocycles. The molecular formula is C34H28BClN2O2P2Ru. The van der Waals surface area contributed by atoms with E-state index in [4.69, 9.17) is 9.30 Å². The van der Waals surface area contributed by atoms with E-state index in [0.29, 0.717) is 0 Å². The molecule has 0 unspecified atom stereocenters. The minimum atomic E-state index is -0.540. The first-order valence-corrected chi connectivity index (χ1v) is 18.4. The van der Waals surface area contributed by atoms with E-state index in [-0.39, 0.29) is 0 Å². The summed E-state index contributed by atoms with van der Waals surface area (Å²) in [6.45, 7) is 9.00. The van der Waals surface area contributed by atoms with Gasteiger partial charge in [0.2, 0.25) is 0 Å². The van der Waals surface area contributed by atoms with Gasteiger partial charge in [0.15, 0.2) is 0 Å². The van der Waals surface area contributed by atoms with Crippen molar-refractivity contribution in [2.45, 2.75) is 0 Å². The van der Waals surface area contributed by atoms with Gasteiger partial charge in [-0.1, -0.05) is 133 Å². The number of anilines is 2. The number of fused-ring (bicyclic) bond motifs is 1. The summed E-state index contributed by atoms with van der Waals surface area (Å²) in [4.78, 5) is 4.95. The van der Waals surface area contributed by atoms with Crippen molar-refractivity contribution >= 4 is 65.7 Å². The minimum absolute atomic E-state index is 0.540. The standard InChI is InChI=1S/C32H28BN2P2.2CO.ClH.Ru/c1-5-15-27(16-6-1)36(28-17-7-2-8-18-28)25-34-31-23-13-14-24-32(31)35(33-34)26-37(29-19-9-3-10-20-29)30-21-11-4-12-22-30;2*1-2;;/h1-24H,25-26H2;;;1H;/q;;;;+1/p-1. The summed E-state index contributed by atoms with van der Waals surface area (Å²) in [6.07, 6.45) is 1.90. The van der Waals surface area contributed by atoms with Gasteiger partial charge in [-0.2, -0.15) is 0 Å². The Bertz CT molecular complexity index is 1340. The van der Waals surface area contributed by atoms with Crippen LogP contribution in [0.3, 0.4) is 0 Å². The molecule has 0 fully saturated rings. The topological polar surface area (TPSA) is 46.3 Å². The van der Waals surface area contributed by atoms with Crippen LogP contribution in [0.2, 0.25) is 0 Å². The van der Waals surface area contributed by atoms with Gasteiger partial charge >= 0.3 is 57.2 Å². The Morgan fingerprint density at radius 2 is 0.698 bits per heavy atom. The zero-order valence-corrected chi connectivity index (χ0v) is 27.5. The first-order valence-electron chi connectivity index (χ1n) is 13.1.